The molecule has 0 rings (SSSR count). The van der Waals surface area contributed by atoms with Crippen molar-refractivity contribution in [2.75, 3.05) is 0 Å². The number of carbonyl (C=O) groups is 2. The topological polar surface area (TPSA) is 80.4 Å². The normalized spacial score (nSPS) is 12.1. The number of nitrogens with two attached hydrogens (primary N) is 1. The van der Waals surface area contributed by atoms with Gasteiger partial charge in [-0.2, -0.15) is 0 Å². The lowest BCUT2D eigenvalue weighted by Gasteiger charge is -2.03. The van der Waals surface area contributed by atoms with E-state index >= 15 is 0 Å². The van der Waals surface area contributed by atoms with E-state index in [1.54, 1.807) is 0 Å². The third kappa shape index (κ3) is 2.10. The van der Waals surface area contributed by atoms with E-state index in [2.05, 4.69) is 12.2 Å². The van der Waals surface area contributed by atoms with Crippen molar-refractivity contribution in [3.8, 4) is 0 Å². The summed E-state index contributed by atoms with van der Waals surface area (Å²) in [6.07, 6.45) is 0. The first-order valence-electron chi connectivity index (χ1n) is 2.49. The van der Waals surface area contributed by atoms with Gasteiger partial charge < -0.3 is 10.8 Å². The zero-order valence-corrected chi connectivity index (χ0v) is 6.14. The highest BCUT2D eigenvalue weighted by Gasteiger charge is 2.24. The Morgan fingerprint density at radius 2 is 2.00 bits per heavy atom. The van der Waals surface area contributed by atoms with Gasteiger partial charge in [0, 0.05) is 0 Å². The molecular formula is C5H7NO3S. The molecule has 1 atom stereocenters. The Morgan fingerprint density at radius 3 is 2.00 bits per heavy atom. The molecule has 0 fully saturated rings. The SMILES string of the molecule is CC(=O)C(C(=O)O)C(N)=S. The molecule has 0 aliphatic heterocycles. The third-order valence-electron chi connectivity index (χ3n) is 0.938. The van der Waals surface area contributed by atoms with Crippen molar-refractivity contribution in [2.24, 2.45) is 11.7 Å². The van der Waals surface area contributed by atoms with Gasteiger partial charge in [0.15, 0.2) is 11.7 Å². The minimum Gasteiger partial charge on any atom is -0.480 e. The highest BCUT2D eigenvalue weighted by Crippen LogP contribution is 1.97. The summed E-state index contributed by atoms with van der Waals surface area (Å²) in [7, 11) is 0. The molecule has 1 unspecified atom stereocenters. The average molecular weight is 161 g/mol. The Morgan fingerprint density at radius 1 is 1.60 bits per heavy atom. The Labute approximate surface area is 63.0 Å². The van der Waals surface area contributed by atoms with Crippen LogP contribution in [0, 0.1) is 5.92 Å². The maximum absolute atomic E-state index is 10.5. The Kier molecular flexibility index (Phi) is 2.95. The summed E-state index contributed by atoms with van der Waals surface area (Å²) < 4.78 is 0. The standard InChI is InChI=1S/C5H7NO3S/c1-2(7)3(4(6)10)5(8)9/h3H,1H3,(H2,6,10)(H,8,9). The fourth-order valence-corrected chi connectivity index (χ4v) is 0.763. The van der Waals surface area contributed by atoms with Crippen LogP contribution in [0.4, 0.5) is 0 Å². The van der Waals surface area contributed by atoms with E-state index in [-0.39, 0.29) is 4.99 Å². The van der Waals surface area contributed by atoms with Crippen LogP contribution in [-0.2, 0) is 9.59 Å². The summed E-state index contributed by atoms with van der Waals surface area (Å²) in [4.78, 5) is 20.4. The lowest BCUT2D eigenvalue weighted by atomic mass is 10.1. The number of thiocarbonyl (C=S) groups is 1. The molecular weight excluding hydrogens is 154 g/mol. The molecule has 5 heteroatoms. The number of Topliss-reactive ketones (excluding diaryl/α,β-unsaturated/α-hetero) is 1. The van der Waals surface area contributed by atoms with E-state index in [9.17, 15) is 9.59 Å². The first-order chi connectivity index (χ1) is 4.46. The van der Waals surface area contributed by atoms with Crippen LogP contribution in [0.3, 0.4) is 0 Å². The summed E-state index contributed by atoms with van der Waals surface area (Å²) in [6.45, 7) is 1.14. The lowest BCUT2D eigenvalue weighted by molar-refractivity contribution is -0.142. The van der Waals surface area contributed by atoms with Crippen molar-refractivity contribution in [2.45, 2.75) is 6.92 Å². The number of carbonyl (C=O) groups excluding carboxylic acids is 1. The van der Waals surface area contributed by atoms with Crippen LogP contribution >= 0.6 is 12.2 Å². The van der Waals surface area contributed by atoms with Crippen molar-refractivity contribution in [1.82, 2.24) is 0 Å². The van der Waals surface area contributed by atoms with Gasteiger partial charge in [0.25, 0.3) is 0 Å². The highest BCUT2D eigenvalue weighted by molar-refractivity contribution is 7.80. The highest BCUT2D eigenvalue weighted by atomic mass is 32.1. The number of rotatable bonds is 3. The zero-order valence-electron chi connectivity index (χ0n) is 5.33. The van der Waals surface area contributed by atoms with Crippen molar-refractivity contribution >= 4 is 29.0 Å². The summed E-state index contributed by atoms with van der Waals surface area (Å²) >= 11 is 4.35. The maximum atomic E-state index is 10.5. The van der Waals surface area contributed by atoms with E-state index in [1.165, 1.54) is 0 Å². The van der Waals surface area contributed by atoms with Crippen LogP contribution < -0.4 is 5.73 Å². The third-order valence-corrected chi connectivity index (χ3v) is 1.17. The molecule has 0 spiro atoms. The molecule has 10 heavy (non-hydrogen) atoms. The largest absolute Gasteiger partial charge is 0.480 e. The molecule has 56 valence electrons. The summed E-state index contributed by atoms with van der Waals surface area (Å²) in [5.41, 5.74) is 4.97. The number of aliphatic carboxylic acids is 1. The van der Waals surface area contributed by atoms with Gasteiger partial charge in [0.1, 0.15) is 0 Å². The van der Waals surface area contributed by atoms with Crippen LogP contribution in [0.5, 0.6) is 0 Å². The molecule has 0 aromatic rings. The van der Waals surface area contributed by atoms with Crippen molar-refractivity contribution in [3.05, 3.63) is 0 Å². The smallest absolute Gasteiger partial charge is 0.321 e. The second-order valence-electron chi connectivity index (χ2n) is 1.78. The van der Waals surface area contributed by atoms with Gasteiger partial charge in [-0.15, -0.1) is 0 Å². The first-order valence-corrected chi connectivity index (χ1v) is 2.90. The Balaban J connectivity index is 4.43. The van der Waals surface area contributed by atoms with Gasteiger partial charge in [-0.3, -0.25) is 9.59 Å². The molecule has 0 aliphatic rings. The first kappa shape index (κ1) is 9.03. The maximum Gasteiger partial charge on any atom is 0.321 e. The van der Waals surface area contributed by atoms with E-state index in [0.717, 1.165) is 6.92 Å². The molecule has 0 aliphatic carbocycles. The Hall–Kier alpha value is -0.970. The van der Waals surface area contributed by atoms with E-state index in [0.29, 0.717) is 0 Å². The predicted molar refractivity (Wildman–Crippen MR) is 38.6 cm³/mol. The quantitative estimate of drug-likeness (QED) is 0.433. The van der Waals surface area contributed by atoms with Gasteiger partial charge in [0.2, 0.25) is 0 Å². The molecule has 0 amide bonds. The van der Waals surface area contributed by atoms with Gasteiger partial charge in [-0.1, -0.05) is 12.2 Å². The van der Waals surface area contributed by atoms with Gasteiger partial charge >= 0.3 is 5.97 Å². The molecule has 0 heterocycles. The van der Waals surface area contributed by atoms with E-state index in [4.69, 9.17) is 10.8 Å². The fraction of sp³-hybridized carbons (Fsp3) is 0.400. The van der Waals surface area contributed by atoms with Crippen LogP contribution in [0.1, 0.15) is 6.92 Å². The summed E-state index contributed by atoms with van der Waals surface area (Å²) in [5, 5.41) is 8.33. The van der Waals surface area contributed by atoms with Gasteiger partial charge in [0.05, 0.1) is 4.99 Å². The summed E-state index contributed by atoms with van der Waals surface area (Å²) in [5.74, 6) is -3.16. The number of carboxylic acid groups (broad SMARTS) is 1. The van der Waals surface area contributed by atoms with Crippen LogP contribution in [-0.4, -0.2) is 21.8 Å². The minimum absolute atomic E-state index is 0.292. The van der Waals surface area contributed by atoms with Crippen LogP contribution in [0.25, 0.3) is 0 Å². The second-order valence-corrected chi connectivity index (χ2v) is 2.26. The van der Waals surface area contributed by atoms with Gasteiger partial charge in [-0.25, -0.2) is 0 Å². The average Bonchev–Trinajstić information content (AvgIpc) is 1.59. The van der Waals surface area contributed by atoms with Crippen LogP contribution in [0.2, 0.25) is 0 Å². The second kappa shape index (κ2) is 3.26. The van der Waals surface area contributed by atoms with E-state index in [1.807, 2.05) is 0 Å². The summed E-state index contributed by atoms with van der Waals surface area (Å²) in [6, 6.07) is 0. The zero-order chi connectivity index (χ0) is 8.31. The lowest BCUT2D eigenvalue weighted by Crippen LogP contribution is -2.33. The molecule has 0 aromatic carbocycles. The van der Waals surface area contributed by atoms with Crippen molar-refractivity contribution in [3.63, 3.8) is 0 Å². The van der Waals surface area contributed by atoms with E-state index < -0.39 is 17.7 Å². The number of carboxylic acids is 1. The number of hydrogen-bond donors (Lipinski definition) is 2. The van der Waals surface area contributed by atoms with Crippen molar-refractivity contribution < 1.29 is 14.7 Å². The molecule has 0 radical (unpaired) electrons. The van der Waals surface area contributed by atoms with Crippen molar-refractivity contribution in [1.29, 1.82) is 0 Å². The minimum atomic E-state index is -1.32. The molecule has 4 nitrogen and oxygen atoms in total. The molecule has 0 aromatic heterocycles. The fourth-order valence-electron chi connectivity index (χ4n) is 0.496. The molecule has 3 N–H and O–H groups in total. The molecule has 0 bridgehead atoms. The number of ketones is 1. The number of hydrogen-bond acceptors (Lipinski definition) is 3. The van der Waals surface area contributed by atoms with Crippen LogP contribution in [0.15, 0.2) is 0 Å². The monoisotopic (exact) mass is 161 g/mol. The Bertz CT molecular complexity index is 156. The van der Waals surface area contributed by atoms with Gasteiger partial charge in [-0.05, 0) is 6.92 Å². The molecule has 0 saturated carbocycles. The molecule has 0 saturated heterocycles. The predicted octanol–water partition coefficient (Wildman–Crippen LogP) is -0.438.